The van der Waals surface area contributed by atoms with Crippen molar-refractivity contribution in [2.75, 3.05) is 6.54 Å². The van der Waals surface area contributed by atoms with Crippen molar-refractivity contribution in [2.24, 2.45) is 5.92 Å². The molecule has 0 radical (unpaired) electrons. The summed E-state index contributed by atoms with van der Waals surface area (Å²) in [4.78, 5) is 0. The Labute approximate surface area is 124 Å². The minimum atomic E-state index is 0.461. The number of hydrogen-bond acceptors (Lipinski definition) is 3. The van der Waals surface area contributed by atoms with E-state index < -0.39 is 0 Å². The second-order valence-corrected chi connectivity index (χ2v) is 5.78. The molecule has 0 aliphatic heterocycles. The van der Waals surface area contributed by atoms with Gasteiger partial charge in [-0.15, -0.1) is 5.10 Å². The molecule has 4 nitrogen and oxygen atoms in total. The zero-order valence-electron chi connectivity index (χ0n) is 11.4. The van der Waals surface area contributed by atoms with Crippen molar-refractivity contribution in [3.63, 3.8) is 0 Å². The monoisotopic (exact) mass is 290 g/mol. The van der Waals surface area contributed by atoms with Gasteiger partial charge in [0.1, 0.15) is 0 Å². The van der Waals surface area contributed by atoms with Crippen molar-refractivity contribution in [1.82, 2.24) is 20.3 Å². The van der Waals surface area contributed by atoms with Gasteiger partial charge in [-0.2, -0.15) is 0 Å². The lowest BCUT2D eigenvalue weighted by Crippen LogP contribution is -2.25. The Morgan fingerprint density at radius 3 is 2.75 bits per heavy atom. The van der Waals surface area contributed by atoms with Gasteiger partial charge in [-0.05, 0) is 49.4 Å². The zero-order valence-corrected chi connectivity index (χ0v) is 12.1. The van der Waals surface area contributed by atoms with E-state index in [9.17, 15) is 0 Å². The first-order valence-electron chi connectivity index (χ1n) is 7.16. The van der Waals surface area contributed by atoms with Crippen LogP contribution in [0.2, 0.25) is 5.02 Å². The lowest BCUT2D eigenvalue weighted by molar-refractivity contribution is 0.451. The SMILES string of the molecule is Clc1ccc(C(NCCCn2ccnn2)C2CC2)cc1. The fourth-order valence-corrected chi connectivity index (χ4v) is 2.63. The maximum absolute atomic E-state index is 5.96. The Morgan fingerprint density at radius 1 is 1.30 bits per heavy atom. The van der Waals surface area contributed by atoms with E-state index in [0.29, 0.717) is 6.04 Å². The summed E-state index contributed by atoms with van der Waals surface area (Å²) in [5.74, 6) is 0.780. The van der Waals surface area contributed by atoms with Crippen LogP contribution in [0.25, 0.3) is 0 Å². The third-order valence-electron chi connectivity index (χ3n) is 3.72. The summed E-state index contributed by atoms with van der Waals surface area (Å²) < 4.78 is 1.87. The minimum absolute atomic E-state index is 0.461. The Bertz CT molecular complexity index is 519. The highest BCUT2D eigenvalue weighted by Crippen LogP contribution is 2.41. The molecule has 0 spiro atoms. The van der Waals surface area contributed by atoms with E-state index in [0.717, 1.165) is 30.5 Å². The maximum Gasteiger partial charge on any atom is 0.0692 e. The van der Waals surface area contributed by atoms with Crippen LogP contribution in [-0.2, 0) is 6.54 Å². The summed E-state index contributed by atoms with van der Waals surface area (Å²) in [5.41, 5.74) is 1.35. The molecule has 5 heteroatoms. The summed E-state index contributed by atoms with van der Waals surface area (Å²) in [6.07, 6.45) is 7.32. The predicted molar refractivity (Wildman–Crippen MR) is 79.6 cm³/mol. The van der Waals surface area contributed by atoms with E-state index in [1.807, 2.05) is 23.0 Å². The Morgan fingerprint density at radius 2 is 2.10 bits per heavy atom. The molecule has 1 atom stereocenters. The van der Waals surface area contributed by atoms with Gasteiger partial charge in [0.25, 0.3) is 0 Å². The molecular weight excluding hydrogens is 272 g/mol. The molecule has 1 aliphatic carbocycles. The van der Waals surface area contributed by atoms with Crippen LogP contribution in [0.4, 0.5) is 0 Å². The van der Waals surface area contributed by atoms with Gasteiger partial charge >= 0.3 is 0 Å². The Balaban J connectivity index is 1.51. The second-order valence-electron chi connectivity index (χ2n) is 5.34. The molecule has 0 amide bonds. The Kier molecular flexibility index (Phi) is 4.33. The number of aromatic nitrogens is 3. The van der Waals surface area contributed by atoms with Crippen molar-refractivity contribution in [3.05, 3.63) is 47.2 Å². The van der Waals surface area contributed by atoms with Crippen LogP contribution in [0.15, 0.2) is 36.7 Å². The molecule has 1 aromatic carbocycles. The van der Waals surface area contributed by atoms with Gasteiger partial charge in [-0.3, -0.25) is 4.68 Å². The first-order chi connectivity index (χ1) is 9.83. The molecule has 1 aliphatic rings. The summed E-state index contributed by atoms with van der Waals surface area (Å²) >= 11 is 5.96. The van der Waals surface area contributed by atoms with Gasteiger partial charge < -0.3 is 5.32 Å². The van der Waals surface area contributed by atoms with Crippen LogP contribution < -0.4 is 5.32 Å². The molecular formula is C15H19ClN4. The molecule has 1 saturated carbocycles. The van der Waals surface area contributed by atoms with E-state index >= 15 is 0 Å². The quantitative estimate of drug-likeness (QED) is 0.797. The fraction of sp³-hybridized carbons (Fsp3) is 0.467. The smallest absolute Gasteiger partial charge is 0.0692 e. The largest absolute Gasteiger partial charge is 0.310 e. The lowest BCUT2D eigenvalue weighted by Gasteiger charge is -2.19. The number of halogens is 1. The third kappa shape index (κ3) is 3.58. The van der Waals surface area contributed by atoms with E-state index in [1.165, 1.54) is 18.4 Å². The van der Waals surface area contributed by atoms with E-state index in [1.54, 1.807) is 6.20 Å². The molecule has 20 heavy (non-hydrogen) atoms. The Hall–Kier alpha value is -1.39. The number of nitrogens with one attached hydrogen (secondary N) is 1. The molecule has 3 rings (SSSR count). The standard InChI is InChI=1S/C15H19ClN4/c16-14-6-4-13(5-7-14)15(12-2-3-12)17-8-1-10-20-11-9-18-19-20/h4-7,9,11-12,15,17H,1-3,8,10H2. The number of benzene rings is 1. The van der Waals surface area contributed by atoms with Crippen LogP contribution in [-0.4, -0.2) is 21.5 Å². The highest BCUT2D eigenvalue weighted by molar-refractivity contribution is 6.30. The van der Waals surface area contributed by atoms with Gasteiger partial charge in [0.2, 0.25) is 0 Å². The average molecular weight is 291 g/mol. The average Bonchev–Trinajstić information content (AvgIpc) is 3.16. The molecule has 0 bridgehead atoms. The molecule has 2 aromatic rings. The first kappa shape index (κ1) is 13.6. The van der Waals surface area contributed by atoms with Gasteiger partial charge in [0.05, 0.1) is 6.20 Å². The number of rotatable bonds is 7. The predicted octanol–water partition coefficient (Wildman–Crippen LogP) is 3.06. The van der Waals surface area contributed by atoms with Crippen LogP contribution in [0.3, 0.4) is 0 Å². The van der Waals surface area contributed by atoms with Crippen molar-refractivity contribution >= 4 is 11.6 Å². The van der Waals surface area contributed by atoms with Crippen LogP contribution in [0, 0.1) is 5.92 Å². The number of nitrogens with zero attached hydrogens (tertiary/aromatic N) is 3. The highest BCUT2D eigenvalue weighted by atomic mass is 35.5. The number of aryl methyl sites for hydroxylation is 1. The van der Waals surface area contributed by atoms with E-state index in [4.69, 9.17) is 11.6 Å². The van der Waals surface area contributed by atoms with Gasteiger partial charge in [0, 0.05) is 23.8 Å². The topological polar surface area (TPSA) is 42.7 Å². The van der Waals surface area contributed by atoms with Crippen LogP contribution >= 0.6 is 11.6 Å². The van der Waals surface area contributed by atoms with Crippen LogP contribution in [0.5, 0.6) is 0 Å². The highest BCUT2D eigenvalue weighted by Gasteiger charge is 2.31. The van der Waals surface area contributed by atoms with Gasteiger partial charge in [0.15, 0.2) is 0 Å². The summed E-state index contributed by atoms with van der Waals surface area (Å²) in [6.45, 7) is 1.90. The summed E-state index contributed by atoms with van der Waals surface area (Å²) in [5, 5.41) is 12.3. The maximum atomic E-state index is 5.96. The summed E-state index contributed by atoms with van der Waals surface area (Å²) in [6, 6.07) is 8.68. The fourth-order valence-electron chi connectivity index (χ4n) is 2.51. The molecule has 1 N–H and O–H groups in total. The minimum Gasteiger partial charge on any atom is -0.310 e. The molecule has 1 aromatic heterocycles. The van der Waals surface area contributed by atoms with Gasteiger partial charge in [-0.25, -0.2) is 0 Å². The summed E-state index contributed by atoms with van der Waals surface area (Å²) in [7, 11) is 0. The normalized spacial score (nSPS) is 16.2. The van der Waals surface area contributed by atoms with Crippen molar-refractivity contribution in [3.8, 4) is 0 Å². The first-order valence-corrected chi connectivity index (χ1v) is 7.54. The van der Waals surface area contributed by atoms with Crippen molar-refractivity contribution in [1.29, 1.82) is 0 Å². The van der Waals surface area contributed by atoms with E-state index in [2.05, 4.69) is 27.8 Å². The van der Waals surface area contributed by atoms with Crippen molar-refractivity contribution in [2.45, 2.75) is 31.8 Å². The third-order valence-corrected chi connectivity index (χ3v) is 3.97. The van der Waals surface area contributed by atoms with Gasteiger partial charge in [-0.1, -0.05) is 28.9 Å². The number of hydrogen-bond donors (Lipinski definition) is 1. The lowest BCUT2D eigenvalue weighted by atomic mass is 10.0. The van der Waals surface area contributed by atoms with Crippen LogP contribution in [0.1, 0.15) is 30.9 Å². The van der Waals surface area contributed by atoms with Crippen molar-refractivity contribution < 1.29 is 0 Å². The molecule has 0 saturated heterocycles. The molecule has 1 fully saturated rings. The molecule has 1 heterocycles. The molecule has 106 valence electrons. The molecule has 1 unspecified atom stereocenters. The van der Waals surface area contributed by atoms with E-state index in [-0.39, 0.29) is 0 Å². The zero-order chi connectivity index (χ0) is 13.8. The second kappa shape index (κ2) is 6.37.